The summed E-state index contributed by atoms with van der Waals surface area (Å²) < 4.78 is 0. The summed E-state index contributed by atoms with van der Waals surface area (Å²) in [4.78, 5) is 24.3. The lowest BCUT2D eigenvalue weighted by molar-refractivity contribution is -0.118. The molecule has 0 aliphatic rings. The lowest BCUT2D eigenvalue weighted by Crippen LogP contribution is -2.44. The second-order valence-electron chi connectivity index (χ2n) is 7.31. The van der Waals surface area contributed by atoms with Crippen LogP contribution in [0.15, 0.2) is 18.2 Å². The van der Waals surface area contributed by atoms with Crippen molar-refractivity contribution in [3.8, 4) is 0 Å². The maximum Gasteiger partial charge on any atom is 0.292 e. The van der Waals surface area contributed by atoms with Crippen LogP contribution < -0.4 is 5.32 Å². The van der Waals surface area contributed by atoms with E-state index in [0.29, 0.717) is 5.56 Å². The van der Waals surface area contributed by atoms with Crippen molar-refractivity contribution in [1.29, 1.82) is 0 Å². The minimum Gasteiger partial charge on any atom is -0.345 e. The summed E-state index contributed by atoms with van der Waals surface area (Å²) in [6.07, 6.45) is 0. The van der Waals surface area contributed by atoms with Gasteiger partial charge in [-0.15, -0.1) is 0 Å². The van der Waals surface area contributed by atoms with Crippen molar-refractivity contribution in [3.05, 3.63) is 34.9 Å². The number of carbonyl (C=O) groups is 2. The Balaban J connectivity index is 3.13. The normalized spacial score (nSPS) is 12.2. The molecule has 0 aromatic heterocycles. The zero-order valence-electron chi connectivity index (χ0n) is 13.5. The second kappa shape index (κ2) is 5.39. The molecule has 20 heavy (non-hydrogen) atoms. The first-order chi connectivity index (χ1) is 8.92. The molecule has 1 N–H and O–H groups in total. The standard InChI is InChI=1S/C17H25NO2/c1-11-8-9-12(16(2,3)4)10-13(11)14(19)15(20)18-17(5,6)7/h8-10H,1-7H3,(H,18,20). The molecule has 0 bridgehead atoms. The van der Waals surface area contributed by atoms with E-state index in [1.165, 1.54) is 0 Å². The average Bonchev–Trinajstić information content (AvgIpc) is 2.24. The molecule has 0 aliphatic carbocycles. The fraction of sp³-hybridized carbons (Fsp3) is 0.529. The number of amides is 1. The molecule has 0 saturated heterocycles. The molecule has 0 heterocycles. The van der Waals surface area contributed by atoms with E-state index in [1.807, 2.05) is 45.9 Å². The zero-order chi connectivity index (χ0) is 15.7. The van der Waals surface area contributed by atoms with Crippen LogP contribution in [0.5, 0.6) is 0 Å². The molecule has 1 rings (SSSR count). The minimum absolute atomic E-state index is 0.0523. The number of carbonyl (C=O) groups excluding carboxylic acids is 2. The van der Waals surface area contributed by atoms with Crippen molar-refractivity contribution in [2.75, 3.05) is 0 Å². The lowest BCUT2D eigenvalue weighted by atomic mass is 9.84. The van der Waals surface area contributed by atoms with Crippen molar-refractivity contribution >= 4 is 11.7 Å². The first-order valence-electron chi connectivity index (χ1n) is 6.90. The van der Waals surface area contributed by atoms with Crippen LogP contribution in [0.3, 0.4) is 0 Å². The van der Waals surface area contributed by atoms with Gasteiger partial charge in [-0.1, -0.05) is 32.9 Å². The number of hydrogen-bond donors (Lipinski definition) is 1. The van der Waals surface area contributed by atoms with Gasteiger partial charge in [0.15, 0.2) is 0 Å². The van der Waals surface area contributed by atoms with E-state index < -0.39 is 17.2 Å². The van der Waals surface area contributed by atoms with E-state index in [-0.39, 0.29) is 5.41 Å². The highest BCUT2D eigenvalue weighted by Crippen LogP contribution is 2.24. The van der Waals surface area contributed by atoms with Gasteiger partial charge < -0.3 is 5.32 Å². The molecule has 1 amide bonds. The van der Waals surface area contributed by atoms with E-state index in [1.54, 1.807) is 0 Å². The summed E-state index contributed by atoms with van der Waals surface area (Å²) in [6.45, 7) is 13.7. The number of ketones is 1. The minimum atomic E-state index is -0.549. The summed E-state index contributed by atoms with van der Waals surface area (Å²) in [7, 11) is 0. The molecule has 0 atom stereocenters. The molecular formula is C17H25NO2. The van der Waals surface area contributed by atoms with E-state index >= 15 is 0 Å². The van der Waals surface area contributed by atoms with E-state index in [0.717, 1.165) is 11.1 Å². The molecule has 0 spiro atoms. The van der Waals surface area contributed by atoms with Gasteiger partial charge in [0.2, 0.25) is 5.78 Å². The van der Waals surface area contributed by atoms with Gasteiger partial charge in [0.25, 0.3) is 5.91 Å². The molecule has 0 radical (unpaired) electrons. The van der Waals surface area contributed by atoms with E-state index in [9.17, 15) is 9.59 Å². The molecular weight excluding hydrogens is 250 g/mol. The number of hydrogen-bond acceptors (Lipinski definition) is 2. The molecule has 0 saturated carbocycles. The van der Waals surface area contributed by atoms with Gasteiger partial charge in [-0.25, -0.2) is 0 Å². The van der Waals surface area contributed by atoms with E-state index in [2.05, 4.69) is 26.1 Å². The van der Waals surface area contributed by atoms with Crippen molar-refractivity contribution in [3.63, 3.8) is 0 Å². The molecule has 0 unspecified atom stereocenters. The van der Waals surface area contributed by atoms with Crippen molar-refractivity contribution in [2.24, 2.45) is 0 Å². The van der Waals surface area contributed by atoms with Crippen LogP contribution >= 0.6 is 0 Å². The Labute approximate surface area is 121 Å². The van der Waals surface area contributed by atoms with Gasteiger partial charge in [-0.3, -0.25) is 9.59 Å². The number of benzene rings is 1. The number of nitrogens with one attached hydrogen (secondary N) is 1. The predicted octanol–water partition coefficient (Wildman–Crippen LogP) is 3.39. The summed E-state index contributed by atoms with van der Waals surface area (Å²) in [5.41, 5.74) is 1.90. The SMILES string of the molecule is Cc1ccc(C(C)(C)C)cc1C(=O)C(=O)NC(C)(C)C. The topological polar surface area (TPSA) is 46.2 Å². The maximum absolute atomic E-state index is 12.3. The fourth-order valence-electron chi connectivity index (χ4n) is 1.85. The predicted molar refractivity (Wildman–Crippen MR) is 82.1 cm³/mol. The Bertz CT molecular complexity index is 531. The highest BCUT2D eigenvalue weighted by atomic mass is 16.2. The summed E-state index contributed by atoms with van der Waals surface area (Å²) >= 11 is 0. The third-order valence-electron chi connectivity index (χ3n) is 3.04. The Morgan fingerprint density at radius 3 is 2.00 bits per heavy atom. The van der Waals surface area contributed by atoms with Gasteiger partial charge in [-0.2, -0.15) is 0 Å². The Morgan fingerprint density at radius 2 is 1.55 bits per heavy atom. The first-order valence-corrected chi connectivity index (χ1v) is 6.90. The number of rotatable bonds is 2. The summed E-state index contributed by atoms with van der Waals surface area (Å²) in [5, 5.41) is 2.71. The molecule has 3 nitrogen and oxygen atoms in total. The summed E-state index contributed by atoms with van der Waals surface area (Å²) in [6, 6.07) is 5.74. The molecule has 1 aromatic rings. The third-order valence-corrected chi connectivity index (χ3v) is 3.04. The van der Waals surface area contributed by atoms with Crippen LogP contribution in [0.2, 0.25) is 0 Å². The van der Waals surface area contributed by atoms with Crippen molar-refractivity contribution < 1.29 is 9.59 Å². The average molecular weight is 275 g/mol. The quantitative estimate of drug-likeness (QED) is 0.664. The van der Waals surface area contributed by atoms with Crippen LogP contribution in [0.25, 0.3) is 0 Å². The largest absolute Gasteiger partial charge is 0.345 e. The highest BCUT2D eigenvalue weighted by molar-refractivity contribution is 6.43. The van der Waals surface area contributed by atoms with Gasteiger partial charge in [0, 0.05) is 11.1 Å². The Kier molecular flexibility index (Phi) is 4.42. The maximum atomic E-state index is 12.3. The molecule has 0 fully saturated rings. The van der Waals surface area contributed by atoms with Crippen LogP contribution in [0, 0.1) is 6.92 Å². The number of Topliss-reactive ketones (excluding diaryl/α,β-unsaturated/α-hetero) is 1. The first kappa shape index (κ1) is 16.4. The smallest absolute Gasteiger partial charge is 0.292 e. The van der Waals surface area contributed by atoms with E-state index in [4.69, 9.17) is 0 Å². The molecule has 3 heteroatoms. The monoisotopic (exact) mass is 275 g/mol. The molecule has 0 aliphatic heterocycles. The van der Waals surface area contributed by atoms with Crippen molar-refractivity contribution in [2.45, 2.75) is 59.4 Å². The summed E-state index contributed by atoms with van der Waals surface area (Å²) in [5.74, 6) is -1.02. The Morgan fingerprint density at radius 1 is 1.00 bits per heavy atom. The fourth-order valence-corrected chi connectivity index (χ4v) is 1.85. The Hall–Kier alpha value is -1.64. The van der Waals surface area contributed by atoms with Gasteiger partial charge >= 0.3 is 0 Å². The molecule has 1 aromatic carbocycles. The molecule has 110 valence electrons. The zero-order valence-corrected chi connectivity index (χ0v) is 13.5. The van der Waals surface area contributed by atoms with Crippen LogP contribution in [-0.4, -0.2) is 17.2 Å². The highest BCUT2D eigenvalue weighted by Gasteiger charge is 2.24. The van der Waals surface area contributed by atoms with Crippen molar-refractivity contribution in [1.82, 2.24) is 5.32 Å². The van der Waals surface area contributed by atoms with Crippen LogP contribution in [0.4, 0.5) is 0 Å². The number of aryl methyl sites for hydroxylation is 1. The van der Waals surface area contributed by atoms with Crippen LogP contribution in [0.1, 0.15) is 63.0 Å². The van der Waals surface area contributed by atoms with Crippen LogP contribution in [-0.2, 0) is 10.2 Å². The van der Waals surface area contributed by atoms with Gasteiger partial charge in [0.1, 0.15) is 0 Å². The third kappa shape index (κ3) is 4.19. The lowest BCUT2D eigenvalue weighted by Gasteiger charge is -2.22. The second-order valence-corrected chi connectivity index (χ2v) is 7.31. The van der Waals surface area contributed by atoms with Gasteiger partial charge in [-0.05, 0) is 50.3 Å². The van der Waals surface area contributed by atoms with Gasteiger partial charge in [0.05, 0.1) is 0 Å².